The van der Waals surface area contributed by atoms with Crippen molar-refractivity contribution >= 4 is 27.0 Å². The van der Waals surface area contributed by atoms with Gasteiger partial charge in [-0.15, -0.1) is 21.5 Å². The number of hydrogen-bond donors (Lipinski definition) is 1. The van der Waals surface area contributed by atoms with Gasteiger partial charge in [0.1, 0.15) is 9.96 Å². The first-order valence-corrected chi connectivity index (χ1v) is 10.1. The Kier molecular flexibility index (Phi) is 5.05. The molecule has 1 aromatic carbocycles. The van der Waals surface area contributed by atoms with Crippen LogP contribution in [0.2, 0.25) is 0 Å². The fraction of sp³-hybridized carbons (Fsp3) is 0.250. The van der Waals surface area contributed by atoms with Crippen molar-refractivity contribution in [3.05, 3.63) is 41.6 Å². The number of hydrogen-bond acceptors (Lipinski definition) is 7. The Labute approximate surface area is 149 Å². The van der Waals surface area contributed by atoms with Crippen LogP contribution in [0.5, 0.6) is 5.75 Å². The average molecular weight is 379 g/mol. The van der Waals surface area contributed by atoms with Crippen LogP contribution in [0.4, 0.5) is 5.69 Å². The van der Waals surface area contributed by atoms with Gasteiger partial charge in [-0.1, -0.05) is 19.1 Å². The van der Waals surface area contributed by atoms with Crippen LogP contribution in [0, 0.1) is 0 Å². The molecular weight excluding hydrogens is 362 g/mol. The normalized spacial score (nSPS) is 11.4. The van der Waals surface area contributed by atoms with Crippen molar-refractivity contribution in [2.75, 3.05) is 11.3 Å². The topological polar surface area (TPSA) is 94.3 Å². The second kappa shape index (κ2) is 7.24. The minimum Gasteiger partial charge on any atom is -0.492 e. The Morgan fingerprint density at radius 2 is 2.04 bits per heavy atom. The van der Waals surface area contributed by atoms with Gasteiger partial charge in [-0.25, -0.2) is 8.42 Å². The molecule has 7 nitrogen and oxygen atoms in total. The highest BCUT2D eigenvalue weighted by atomic mass is 32.2. The maximum atomic E-state index is 12.6. The zero-order valence-corrected chi connectivity index (χ0v) is 15.4. The SMILES string of the molecule is CCOc1ccccc1NS(=O)(=O)c1cc(-c2nnc(CC)o2)cs1. The summed E-state index contributed by atoms with van der Waals surface area (Å²) in [5, 5.41) is 9.50. The summed E-state index contributed by atoms with van der Waals surface area (Å²) < 4.78 is 38.9. The van der Waals surface area contributed by atoms with Crippen LogP contribution in [0.15, 0.2) is 44.3 Å². The molecule has 0 atom stereocenters. The predicted octanol–water partition coefficient (Wildman–Crippen LogP) is 3.56. The predicted molar refractivity (Wildman–Crippen MR) is 95.4 cm³/mol. The first-order valence-electron chi connectivity index (χ1n) is 7.69. The van der Waals surface area contributed by atoms with Crippen LogP contribution in [-0.4, -0.2) is 25.2 Å². The van der Waals surface area contributed by atoms with E-state index in [1.54, 1.807) is 29.6 Å². The second-order valence-corrected chi connectivity index (χ2v) is 7.86. The highest BCUT2D eigenvalue weighted by molar-refractivity contribution is 7.94. The van der Waals surface area contributed by atoms with E-state index < -0.39 is 10.0 Å². The highest BCUT2D eigenvalue weighted by Gasteiger charge is 2.20. The third-order valence-corrected chi connectivity index (χ3v) is 6.09. The molecule has 132 valence electrons. The summed E-state index contributed by atoms with van der Waals surface area (Å²) in [6.07, 6.45) is 0.623. The molecule has 0 bridgehead atoms. The molecule has 2 aromatic heterocycles. The Bertz CT molecular complexity index is 963. The zero-order valence-electron chi connectivity index (χ0n) is 13.7. The number of ether oxygens (including phenoxy) is 1. The van der Waals surface area contributed by atoms with E-state index in [4.69, 9.17) is 9.15 Å². The number of rotatable bonds is 7. The van der Waals surface area contributed by atoms with E-state index in [2.05, 4.69) is 14.9 Å². The van der Waals surface area contributed by atoms with Crippen molar-refractivity contribution in [1.29, 1.82) is 0 Å². The average Bonchev–Trinajstić information content (AvgIpc) is 3.26. The third kappa shape index (κ3) is 3.83. The molecule has 0 aliphatic carbocycles. The van der Waals surface area contributed by atoms with Crippen molar-refractivity contribution in [1.82, 2.24) is 10.2 Å². The summed E-state index contributed by atoms with van der Waals surface area (Å²) in [5.41, 5.74) is 0.973. The minimum atomic E-state index is -3.74. The summed E-state index contributed by atoms with van der Waals surface area (Å²) >= 11 is 1.09. The van der Waals surface area contributed by atoms with Gasteiger partial charge in [0, 0.05) is 11.8 Å². The summed E-state index contributed by atoms with van der Waals surface area (Å²) in [6, 6.07) is 8.41. The van der Waals surface area contributed by atoms with Crippen molar-refractivity contribution in [2.45, 2.75) is 24.5 Å². The quantitative estimate of drug-likeness (QED) is 0.674. The molecule has 3 rings (SSSR count). The number of nitrogens with zero attached hydrogens (tertiary/aromatic N) is 2. The molecule has 0 spiro atoms. The van der Waals surface area contributed by atoms with E-state index >= 15 is 0 Å². The molecule has 0 saturated heterocycles. The van der Waals surface area contributed by atoms with Gasteiger partial charge < -0.3 is 9.15 Å². The maximum Gasteiger partial charge on any atom is 0.271 e. The van der Waals surface area contributed by atoms with Crippen molar-refractivity contribution in [3.63, 3.8) is 0 Å². The largest absolute Gasteiger partial charge is 0.492 e. The van der Waals surface area contributed by atoms with Crippen LogP contribution in [-0.2, 0) is 16.4 Å². The lowest BCUT2D eigenvalue weighted by molar-refractivity contribution is 0.342. The molecule has 2 heterocycles. The summed E-state index contributed by atoms with van der Waals surface area (Å²) in [6.45, 7) is 4.19. The highest BCUT2D eigenvalue weighted by Crippen LogP contribution is 2.31. The number of nitrogens with one attached hydrogen (secondary N) is 1. The molecule has 3 aromatic rings. The molecule has 0 aliphatic rings. The number of aromatic nitrogens is 2. The summed E-state index contributed by atoms with van der Waals surface area (Å²) in [7, 11) is -3.74. The standard InChI is InChI=1S/C16H17N3O4S2/c1-3-14-17-18-16(23-14)11-9-15(24-10-11)25(20,21)19-12-7-5-6-8-13(12)22-4-2/h5-10,19H,3-4H2,1-2H3. The molecule has 0 unspecified atom stereocenters. The Hall–Kier alpha value is -2.39. The van der Waals surface area contributed by atoms with Gasteiger partial charge in [-0.05, 0) is 25.1 Å². The molecular formula is C16H17N3O4S2. The maximum absolute atomic E-state index is 12.6. The number of benzene rings is 1. The van der Waals surface area contributed by atoms with Gasteiger partial charge >= 0.3 is 0 Å². The number of thiophene rings is 1. The molecule has 9 heteroatoms. The first kappa shape index (κ1) is 17.4. The lowest BCUT2D eigenvalue weighted by Crippen LogP contribution is -2.12. The van der Waals surface area contributed by atoms with Crippen LogP contribution in [0.3, 0.4) is 0 Å². The minimum absolute atomic E-state index is 0.157. The number of anilines is 1. The monoisotopic (exact) mass is 379 g/mol. The van der Waals surface area contributed by atoms with Gasteiger partial charge in [0.05, 0.1) is 17.9 Å². The van der Waals surface area contributed by atoms with Gasteiger partial charge in [-0.3, -0.25) is 4.72 Å². The van der Waals surface area contributed by atoms with Crippen LogP contribution in [0.1, 0.15) is 19.7 Å². The summed E-state index contributed by atoms with van der Waals surface area (Å²) in [4.78, 5) is 0. The van der Waals surface area contributed by atoms with Crippen LogP contribution < -0.4 is 9.46 Å². The van der Waals surface area contributed by atoms with E-state index in [1.165, 1.54) is 6.07 Å². The molecule has 0 fully saturated rings. The number of para-hydroxylation sites is 2. The van der Waals surface area contributed by atoms with E-state index in [0.29, 0.717) is 41.8 Å². The van der Waals surface area contributed by atoms with E-state index in [1.807, 2.05) is 13.8 Å². The van der Waals surface area contributed by atoms with Crippen LogP contribution in [0.25, 0.3) is 11.5 Å². The Balaban J connectivity index is 1.86. The van der Waals surface area contributed by atoms with E-state index in [-0.39, 0.29) is 4.21 Å². The molecule has 0 saturated carbocycles. The van der Waals surface area contributed by atoms with E-state index in [9.17, 15) is 8.42 Å². The lowest BCUT2D eigenvalue weighted by Gasteiger charge is -2.11. The fourth-order valence-electron chi connectivity index (χ4n) is 2.11. The molecule has 0 amide bonds. The van der Waals surface area contributed by atoms with Gasteiger partial charge in [0.25, 0.3) is 10.0 Å². The number of sulfonamides is 1. The van der Waals surface area contributed by atoms with Crippen LogP contribution >= 0.6 is 11.3 Å². The molecule has 25 heavy (non-hydrogen) atoms. The first-order chi connectivity index (χ1) is 12.0. The van der Waals surface area contributed by atoms with Gasteiger partial charge in [-0.2, -0.15) is 0 Å². The third-order valence-electron chi connectivity index (χ3n) is 3.29. The Morgan fingerprint density at radius 1 is 1.24 bits per heavy atom. The molecule has 0 aliphatic heterocycles. The lowest BCUT2D eigenvalue weighted by atomic mass is 10.3. The summed E-state index contributed by atoms with van der Waals surface area (Å²) in [5.74, 6) is 1.30. The van der Waals surface area contributed by atoms with Crippen molar-refractivity contribution in [3.8, 4) is 17.2 Å². The second-order valence-electron chi connectivity index (χ2n) is 5.04. The smallest absolute Gasteiger partial charge is 0.271 e. The fourth-order valence-corrected chi connectivity index (χ4v) is 4.33. The number of aryl methyl sites for hydroxylation is 1. The van der Waals surface area contributed by atoms with Crippen molar-refractivity contribution < 1.29 is 17.6 Å². The van der Waals surface area contributed by atoms with E-state index in [0.717, 1.165) is 11.3 Å². The Morgan fingerprint density at radius 3 is 2.76 bits per heavy atom. The zero-order chi connectivity index (χ0) is 17.9. The molecule has 0 radical (unpaired) electrons. The van der Waals surface area contributed by atoms with Gasteiger partial charge in [0.15, 0.2) is 0 Å². The molecule has 1 N–H and O–H groups in total. The van der Waals surface area contributed by atoms with Gasteiger partial charge in [0.2, 0.25) is 11.8 Å². The van der Waals surface area contributed by atoms with Crippen molar-refractivity contribution in [2.24, 2.45) is 0 Å².